The van der Waals surface area contributed by atoms with Crippen molar-refractivity contribution in [3.63, 3.8) is 0 Å². The molecule has 100 valence electrons. The first kappa shape index (κ1) is 13.4. The molecular formula is C14H21NO2S. The van der Waals surface area contributed by atoms with Crippen molar-refractivity contribution >= 4 is 15.5 Å². The van der Waals surface area contributed by atoms with Gasteiger partial charge in [0.25, 0.3) is 0 Å². The molecule has 0 spiro atoms. The van der Waals surface area contributed by atoms with Gasteiger partial charge in [-0.15, -0.1) is 0 Å². The van der Waals surface area contributed by atoms with Gasteiger partial charge in [0, 0.05) is 5.69 Å². The maximum Gasteiger partial charge on any atom is 0.181 e. The maximum atomic E-state index is 12.5. The fourth-order valence-corrected chi connectivity index (χ4v) is 4.62. The average Bonchev–Trinajstić information content (AvgIpc) is 2.32. The van der Waals surface area contributed by atoms with Crippen molar-refractivity contribution in [2.45, 2.75) is 43.3 Å². The molecule has 0 bridgehead atoms. The minimum absolute atomic E-state index is 0.245. The third kappa shape index (κ3) is 2.53. The van der Waals surface area contributed by atoms with Crippen LogP contribution in [-0.4, -0.2) is 13.7 Å². The zero-order valence-electron chi connectivity index (χ0n) is 11.0. The highest BCUT2D eigenvalue weighted by molar-refractivity contribution is 7.92. The van der Waals surface area contributed by atoms with Crippen molar-refractivity contribution < 1.29 is 8.42 Å². The molecule has 0 aliphatic heterocycles. The van der Waals surface area contributed by atoms with E-state index in [9.17, 15) is 8.42 Å². The molecule has 0 saturated heterocycles. The van der Waals surface area contributed by atoms with Crippen molar-refractivity contribution in [2.75, 3.05) is 5.73 Å². The number of sulfone groups is 1. The summed E-state index contributed by atoms with van der Waals surface area (Å²) in [6.45, 7) is 4.35. The number of hydrogen-bond donors (Lipinski definition) is 1. The Morgan fingerprint density at radius 2 is 1.89 bits per heavy atom. The first-order valence-corrected chi connectivity index (χ1v) is 8.05. The summed E-state index contributed by atoms with van der Waals surface area (Å²) in [5, 5.41) is -0.245. The Morgan fingerprint density at radius 1 is 1.17 bits per heavy atom. The van der Waals surface area contributed by atoms with Gasteiger partial charge in [-0.3, -0.25) is 0 Å². The van der Waals surface area contributed by atoms with Crippen LogP contribution in [0.15, 0.2) is 29.2 Å². The van der Waals surface area contributed by atoms with Crippen molar-refractivity contribution in [2.24, 2.45) is 11.8 Å². The molecule has 0 aromatic heterocycles. The summed E-state index contributed by atoms with van der Waals surface area (Å²) < 4.78 is 25.1. The van der Waals surface area contributed by atoms with Crippen molar-refractivity contribution in [3.8, 4) is 0 Å². The standard InChI is InChI=1S/C14H21NO2S/c1-10-6-7-14(8-11(10)2)18(16,17)13-5-3-4-12(15)9-13/h3-5,9-11,14H,6-8,15H2,1-2H3. The van der Waals surface area contributed by atoms with Gasteiger partial charge in [0.05, 0.1) is 10.1 Å². The van der Waals surface area contributed by atoms with E-state index in [1.807, 2.05) is 0 Å². The molecule has 2 rings (SSSR count). The minimum Gasteiger partial charge on any atom is -0.399 e. The molecular weight excluding hydrogens is 246 g/mol. The Morgan fingerprint density at radius 3 is 2.50 bits per heavy atom. The fraction of sp³-hybridized carbons (Fsp3) is 0.571. The number of rotatable bonds is 2. The molecule has 2 N–H and O–H groups in total. The molecule has 3 nitrogen and oxygen atoms in total. The maximum absolute atomic E-state index is 12.5. The molecule has 1 aromatic rings. The van der Waals surface area contributed by atoms with Crippen molar-refractivity contribution in [1.29, 1.82) is 0 Å². The number of nitrogens with two attached hydrogens (primary N) is 1. The van der Waals surface area contributed by atoms with Crippen LogP contribution in [0.3, 0.4) is 0 Å². The summed E-state index contributed by atoms with van der Waals surface area (Å²) >= 11 is 0. The lowest BCUT2D eigenvalue weighted by Gasteiger charge is -2.31. The van der Waals surface area contributed by atoms with E-state index in [0.29, 0.717) is 22.4 Å². The quantitative estimate of drug-likeness (QED) is 0.838. The Labute approximate surface area is 109 Å². The molecule has 1 fully saturated rings. The topological polar surface area (TPSA) is 60.2 Å². The zero-order valence-corrected chi connectivity index (χ0v) is 11.8. The van der Waals surface area contributed by atoms with Crippen LogP contribution in [0.25, 0.3) is 0 Å². The van der Waals surface area contributed by atoms with Gasteiger partial charge in [0.1, 0.15) is 0 Å². The van der Waals surface area contributed by atoms with Gasteiger partial charge in [-0.05, 0) is 49.3 Å². The van der Waals surface area contributed by atoms with E-state index in [0.717, 1.165) is 19.3 Å². The van der Waals surface area contributed by atoms with E-state index in [4.69, 9.17) is 5.73 Å². The highest BCUT2D eigenvalue weighted by atomic mass is 32.2. The van der Waals surface area contributed by atoms with Gasteiger partial charge in [0.2, 0.25) is 0 Å². The van der Waals surface area contributed by atoms with Gasteiger partial charge in [-0.1, -0.05) is 19.9 Å². The Kier molecular flexibility index (Phi) is 3.66. The van der Waals surface area contributed by atoms with Crippen LogP contribution >= 0.6 is 0 Å². The lowest BCUT2D eigenvalue weighted by atomic mass is 9.81. The van der Waals surface area contributed by atoms with Gasteiger partial charge in [-0.2, -0.15) is 0 Å². The summed E-state index contributed by atoms with van der Waals surface area (Å²) in [4.78, 5) is 0.370. The number of anilines is 1. The predicted octanol–water partition coefficient (Wildman–Crippen LogP) is 2.87. The second kappa shape index (κ2) is 4.92. The van der Waals surface area contributed by atoms with Crippen LogP contribution in [0, 0.1) is 11.8 Å². The molecule has 4 heteroatoms. The summed E-state index contributed by atoms with van der Waals surface area (Å²) in [5.74, 6) is 1.09. The largest absolute Gasteiger partial charge is 0.399 e. The van der Waals surface area contributed by atoms with E-state index in [2.05, 4.69) is 13.8 Å². The van der Waals surface area contributed by atoms with Crippen LogP contribution in [0.1, 0.15) is 33.1 Å². The van der Waals surface area contributed by atoms with Gasteiger partial charge in [0.15, 0.2) is 9.84 Å². The molecule has 0 radical (unpaired) electrons. The third-order valence-corrected chi connectivity index (χ3v) is 6.39. The zero-order chi connectivity index (χ0) is 13.3. The highest BCUT2D eigenvalue weighted by Gasteiger charge is 2.34. The highest BCUT2D eigenvalue weighted by Crippen LogP contribution is 2.35. The van der Waals surface area contributed by atoms with E-state index < -0.39 is 9.84 Å². The van der Waals surface area contributed by atoms with Crippen LogP contribution in [0.4, 0.5) is 5.69 Å². The number of nitrogen functional groups attached to an aromatic ring is 1. The second-order valence-electron chi connectivity index (χ2n) is 5.51. The van der Waals surface area contributed by atoms with Crippen LogP contribution in [0.5, 0.6) is 0 Å². The summed E-state index contributed by atoms with van der Waals surface area (Å²) in [5.41, 5.74) is 6.18. The second-order valence-corrected chi connectivity index (χ2v) is 7.74. The smallest absolute Gasteiger partial charge is 0.181 e. The van der Waals surface area contributed by atoms with Crippen LogP contribution in [-0.2, 0) is 9.84 Å². The number of hydrogen-bond acceptors (Lipinski definition) is 3. The first-order valence-electron chi connectivity index (χ1n) is 6.50. The molecule has 3 unspecified atom stereocenters. The Bertz CT molecular complexity index is 524. The molecule has 18 heavy (non-hydrogen) atoms. The van der Waals surface area contributed by atoms with Crippen molar-refractivity contribution in [1.82, 2.24) is 0 Å². The molecule has 0 amide bonds. The molecule has 1 saturated carbocycles. The summed E-state index contributed by atoms with van der Waals surface area (Å²) in [6, 6.07) is 6.63. The Balaban J connectivity index is 2.27. The Hall–Kier alpha value is -1.03. The van der Waals surface area contributed by atoms with Crippen molar-refractivity contribution in [3.05, 3.63) is 24.3 Å². The molecule has 0 heterocycles. The molecule has 3 atom stereocenters. The first-order chi connectivity index (χ1) is 8.41. The SMILES string of the molecule is CC1CCC(S(=O)(=O)c2cccc(N)c2)CC1C. The molecule has 1 aromatic carbocycles. The third-order valence-electron chi connectivity index (χ3n) is 4.18. The molecule has 1 aliphatic carbocycles. The molecule has 1 aliphatic rings. The summed E-state index contributed by atoms with van der Waals surface area (Å²) in [6.07, 6.45) is 2.52. The normalized spacial score (nSPS) is 29.1. The van der Waals surface area contributed by atoms with Gasteiger partial charge < -0.3 is 5.73 Å². The lowest BCUT2D eigenvalue weighted by molar-refractivity contribution is 0.278. The van der Waals surface area contributed by atoms with Gasteiger partial charge in [-0.25, -0.2) is 8.42 Å². The fourth-order valence-electron chi connectivity index (χ4n) is 2.66. The average molecular weight is 267 g/mol. The van der Waals surface area contributed by atoms with Crippen LogP contribution < -0.4 is 5.73 Å². The van der Waals surface area contributed by atoms with E-state index in [1.54, 1.807) is 24.3 Å². The summed E-state index contributed by atoms with van der Waals surface area (Å²) in [7, 11) is -3.22. The van der Waals surface area contributed by atoms with E-state index >= 15 is 0 Å². The minimum atomic E-state index is -3.22. The lowest BCUT2D eigenvalue weighted by Crippen LogP contribution is -2.31. The van der Waals surface area contributed by atoms with Crippen LogP contribution in [0.2, 0.25) is 0 Å². The number of benzene rings is 1. The van der Waals surface area contributed by atoms with Gasteiger partial charge >= 0.3 is 0 Å². The van der Waals surface area contributed by atoms with E-state index in [-0.39, 0.29) is 5.25 Å². The van der Waals surface area contributed by atoms with E-state index in [1.165, 1.54) is 0 Å². The monoisotopic (exact) mass is 267 g/mol. The predicted molar refractivity (Wildman–Crippen MR) is 74.0 cm³/mol.